The average Bonchev–Trinajstić information content (AvgIpc) is 3.68. The molecule has 1 aromatic carbocycles. The predicted octanol–water partition coefficient (Wildman–Crippen LogP) is 0.692. The smallest absolute Gasteiger partial charge is 0.462 e. The highest BCUT2D eigenvalue weighted by Crippen LogP contribution is 2.60. The van der Waals surface area contributed by atoms with Gasteiger partial charge in [-0.3, -0.25) is 18.4 Å². The molecule has 10 atom stereocenters. The van der Waals surface area contributed by atoms with Crippen molar-refractivity contribution >= 4 is 44.4 Å². The second-order valence-electron chi connectivity index (χ2n) is 11.2. The second kappa shape index (κ2) is 13.9. The molecular weight excluding hydrogens is 745 g/mol. The Labute approximate surface area is 281 Å². The van der Waals surface area contributed by atoms with Gasteiger partial charge in [0, 0.05) is 30.2 Å². The van der Waals surface area contributed by atoms with Gasteiger partial charge in [-0.1, -0.05) is 0 Å². The van der Waals surface area contributed by atoms with Gasteiger partial charge in [-0.25, -0.2) is 23.9 Å². The lowest BCUT2D eigenvalue weighted by Crippen LogP contribution is -2.35. The molecule has 5 heterocycles. The van der Waals surface area contributed by atoms with Gasteiger partial charge in [0.1, 0.15) is 48.0 Å². The lowest BCUT2D eigenvalue weighted by atomic mass is 10.1. The van der Waals surface area contributed by atoms with Crippen LogP contribution in [0.5, 0.6) is 5.75 Å². The Morgan fingerprint density at radius 2 is 1.57 bits per heavy atom. The normalized spacial score (nSPS) is 30.3. The van der Waals surface area contributed by atoms with Crippen LogP contribution in [0.3, 0.4) is 0 Å². The number of ether oxygens (including phenoxy) is 3. The minimum atomic E-state index is -5.51. The topological polar surface area (TPSA) is 288 Å². The molecule has 6 N–H and O–H groups in total. The number of nitrogens with zero attached hydrogens (tertiary/aromatic N) is 3. The zero-order valence-corrected chi connectivity index (χ0v) is 27.0. The van der Waals surface area contributed by atoms with Crippen molar-refractivity contribution < 1.29 is 89.3 Å². The number of benzene rings is 1. The van der Waals surface area contributed by atoms with Gasteiger partial charge >= 0.3 is 27.4 Å². The van der Waals surface area contributed by atoms with Crippen molar-refractivity contribution in [3.8, 4) is 5.75 Å². The number of rotatable bonds is 11. The standard InChI is InChI=1S/C26H26F3N3O17P2/c27-26(28,29)12-6-17(34)46-14-5-10(1-2-11(12)14)45-25-22(38)20(36)16(48-25)8-44-51(41,42)49-50(39,40)43-7-15-19(35)21(37)24(47-15)32-9-31-18-13(33)3-4-30-23(18)32/h1-2,4-6,9,15-16,19-22,24-25,35-38H,3,7-8H2,(H,39,40)(H,41,42)/t15?,16-,19-,20-,21-,22-,24-,25+/m1/s1. The number of alkyl halides is 3. The van der Waals surface area contributed by atoms with E-state index >= 15 is 0 Å². The Morgan fingerprint density at radius 1 is 0.922 bits per heavy atom. The van der Waals surface area contributed by atoms with Crippen LogP contribution >= 0.6 is 15.6 Å². The average molecular weight is 771 g/mol. The Hall–Kier alpha value is -3.41. The van der Waals surface area contributed by atoms with Crippen LogP contribution in [-0.2, 0) is 38.1 Å². The third-order valence-corrected chi connectivity index (χ3v) is 10.3. The summed E-state index contributed by atoms with van der Waals surface area (Å²) in [5, 5.41) is 41.1. The quantitative estimate of drug-likeness (QED) is 0.115. The number of carbonyl (C=O) groups excluding carboxylic acids is 1. The monoisotopic (exact) mass is 771 g/mol. The number of halogens is 3. The minimum Gasteiger partial charge on any atom is -0.462 e. The lowest BCUT2D eigenvalue weighted by Gasteiger charge is -2.20. The number of aliphatic hydroxyl groups excluding tert-OH is 4. The summed E-state index contributed by atoms with van der Waals surface area (Å²) in [5.41, 5.74) is -3.10. The molecule has 2 fully saturated rings. The summed E-state index contributed by atoms with van der Waals surface area (Å²) in [4.78, 5) is 51.7. The number of imidazole rings is 1. The first-order valence-corrected chi connectivity index (χ1v) is 17.5. The molecule has 2 saturated heterocycles. The molecule has 3 aliphatic heterocycles. The Balaban J connectivity index is 1.02. The molecule has 0 saturated carbocycles. The van der Waals surface area contributed by atoms with E-state index in [-0.39, 0.29) is 35.5 Å². The number of carbonyl (C=O) groups is 1. The fourth-order valence-corrected chi connectivity index (χ4v) is 7.41. The summed E-state index contributed by atoms with van der Waals surface area (Å²) < 4.78 is 101. The molecule has 0 spiro atoms. The van der Waals surface area contributed by atoms with Crippen LogP contribution in [0.25, 0.3) is 11.0 Å². The summed E-state index contributed by atoms with van der Waals surface area (Å²) >= 11 is 0. The molecule has 3 aliphatic rings. The van der Waals surface area contributed by atoms with Crippen molar-refractivity contribution in [2.24, 2.45) is 4.99 Å². The van der Waals surface area contributed by atoms with Crippen LogP contribution in [0.2, 0.25) is 0 Å². The number of fused-ring (bicyclic) bond motifs is 2. The Bertz CT molecular complexity index is 2010. The predicted molar refractivity (Wildman–Crippen MR) is 157 cm³/mol. The zero-order chi connectivity index (χ0) is 37.0. The third kappa shape index (κ3) is 7.86. The summed E-state index contributed by atoms with van der Waals surface area (Å²) in [7, 11) is -11.0. The summed E-state index contributed by atoms with van der Waals surface area (Å²) in [6.07, 6.45) is -15.9. The number of hydrogen-bond acceptors (Lipinski definition) is 17. The maximum Gasteiger partial charge on any atom is 0.481 e. The van der Waals surface area contributed by atoms with Gasteiger partial charge in [0.05, 0.1) is 25.1 Å². The molecule has 25 heteroatoms. The highest BCUT2D eigenvalue weighted by atomic mass is 31.3. The van der Waals surface area contributed by atoms with E-state index in [9.17, 15) is 62.1 Å². The number of aliphatic hydroxyl groups is 4. The summed E-state index contributed by atoms with van der Waals surface area (Å²) in [6.45, 7) is -2.04. The van der Waals surface area contributed by atoms with Crippen molar-refractivity contribution in [3.63, 3.8) is 0 Å². The van der Waals surface area contributed by atoms with Crippen molar-refractivity contribution in [1.82, 2.24) is 9.55 Å². The van der Waals surface area contributed by atoms with E-state index in [4.69, 9.17) is 18.6 Å². The number of phosphoric acid groups is 2. The van der Waals surface area contributed by atoms with Crippen LogP contribution in [0, 0.1) is 0 Å². The molecule has 3 unspecified atom stereocenters. The number of ketones is 1. The molecule has 278 valence electrons. The van der Waals surface area contributed by atoms with E-state index < -0.39 is 106 Å². The Kier molecular flexibility index (Phi) is 10.1. The molecule has 51 heavy (non-hydrogen) atoms. The van der Waals surface area contributed by atoms with Crippen LogP contribution in [0.4, 0.5) is 19.0 Å². The van der Waals surface area contributed by atoms with Gasteiger partial charge in [-0.15, -0.1) is 0 Å². The maximum absolute atomic E-state index is 13.3. The molecule has 0 amide bonds. The summed E-state index contributed by atoms with van der Waals surface area (Å²) in [5.74, 6) is -0.599. The first-order chi connectivity index (χ1) is 23.8. The highest BCUT2D eigenvalue weighted by Gasteiger charge is 2.48. The zero-order valence-electron chi connectivity index (χ0n) is 25.2. The SMILES string of the molecule is O=C1CC=Nc2c1ncn2[C@@H]1OC(COP(=O)(O)OP(=O)(O)OC[C@H]2O[C@H](Oc3ccc4c(C(F)(F)F)cc(=O)oc4c3)[C@H](O)[C@@H]2O)[C@@H](O)[C@H]1O. The first kappa shape index (κ1) is 37.4. The molecule has 0 aliphatic carbocycles. The number of aliphatic imine (C=N–C) groups is 1. The fraction of sp³-hybridized carbons (Fsp3) is 0.462. The van der Waals surface area contributed by atoms with Gasteiger partial charge in [0.2, 0.25) is 6.29 Å². The van der Waals surface area contributed by atoms with Crippen molar-refractivity contribution in [1.29, 1.82) is 0 Å². The number of hydrogen-bond donors (Lipinski definition) is 6. The maximum atomic E-state index is 13.3. The first-order valence-electron chi connectivity index (χ1n) is 14.5. The van der Waals surface area contributed by atoms with E-state index in [2.05, 4.69) is 23.3 Å². The number of Topliss-reactive ketones (excluding diaryl/α,β-unsaturated/α-hetero) is 1. The van der Waals surface area contributed by atoms with Crippen molar-refractivity contribution in [2.75, 3.05) is 13.2 Å². The van der Waals surface area contributed by atoms with Gasteiger partial charge in [0.15, 0.2) is 23.5 Å². The van der Waals surface area contributed by atoms with E-state index in [0.717, 1.165) is 29.1 Å². The third-order valence-electron chi connectivity index (χ3n) is 7.74. The molecule has 2 aromatic heterocycles. The van der Waals surface area contributed by atoms with E-state index in [0.29, 0.717) is 0 Å². The van der Waals surface area contributed by atoms with Gasteiger partial charge in [-0.2, -0.15) is 17.5 Å². The van der Waals surface area contributed by atoms with Crippen LogP contribution in [-0.4, -0.2) is 108 Å². The number of aromatic nitrogens is 2. The van der Waals surface area contributed by atoms with Crippen LogP contribution < -0.4 is 10.4 Å². The molecule has 0 radical (unpaired) electrons. The van der Waals surface area contributed by atoms with E-state index in [1.54, 1.807) is 0 Å². The lowest BCUT2D eigenvalue weighted by molar-refractivity contribution is -0.136. The van der Waals surface area contributed by atoms with Crippen molar-refractivity contribution in [3.05, 3.63) is 52.3 Å². The Morgan fingerprint density at radius 3 is 2.24 bits per heavy atom. The van der Waals surface area contributed by atoms with E-state index in [1.807, 2.05) is 0 Å². The van der Waals surface area contributed by atoms with Gasteiger partial charge < -0.3 is 48.8 Å². The van der Waals surface area contributed by atoms with E-state index in [1.165, 1.54) is 6.21 Å². The highest BCUT2D eigenvalue weighted by molar-refractivity contribution is 7.61. The molecular formula is C26H26F3N3O17P2. The number of phosphoric ester groups is 2. The van der Waals surface area contributed by atoms with Gasteiger partial charge in [0.25, 0.3) is 0 Å². The second-order valence-corrected chi connectivity index (χ2v) is 14.2. The fourth-order valence-electron chi connectivity index (χ4n) is 5.32. The minimum absolute atomic E-state index is 0.00138. The largest absolute Gasteiger partial charge is 0.481 e. The molecule has 3 aromatic rings. The van der Waals surface area contributed by atoms with Crippen molar-refractivity contribution in [2.45, 2.75) is 61.7 Å². The molecule has 0 bridgehead atoms. The summed E-state index contributed by atoms with van der Waals surface area (Å²) in [6, 6.07) is 3.11. The molecule has 20 nitrogen and oxygen atoms in total. The van der Waals surface area contributed by atoms with Gasteiger partial charge in [-0.05, 0) is 12.1 Å². The molecule has 6 rings (SSSR count). The van der Waals surface area contributed by atoms with Crippen LogP contribution in [0.1, 0.15) is 28.7 Å². The van der Waals surface area contributed by atoms with Crippen LogP contribution in [0.15, 0.2) is 44.8 Å².